The molecule has 0 saturated heterocycles. The van der Waals surface area contributed by atoms with Crippen LogP contribution in [0.25, 0.3) is 21.9 Å². The van der Waals surface area contributed by atoms with Crippen molar-refractivity contribution >= 4 is 30.1 Å². The lowest BCUT2D eigenvalue weighted by Gasteiger charge is -2.20. The van der Waals surface area contributed by atoms with Crippen molar-refractivity contribution in [2.45, 2.75) is 57.4 Å². The fourth-order valence-electron chi connectivity index (χ4n) is 6.30. The van der Waals surface area contributed by atoms with Crippen LogP contribution in [0.1, 0.15) is 65.1 Å². The zero-order chi connectivity index (χ0) is 24.6. The number of benzene rings is 4. The van der Waals surface area contributed by atoms with E-state index in [1.165, 1.54) is 69.8 Å². The predicted molar refractivity (Wildman–Crippen MR) is 154 cm³/mol. The summed E-state index contributed by atoms with van der Waals surface area (Å²) >= 11 is 0. The Kier molecular flexibility index (Phi) is 6.12. The van der Waals surface area contributed by atoms with Gasteiger partial charge in [-0.2, -0.15) is 0 Å². The number of aryl methyl sites for hydroxylation is 4. The Labute approximate surface area is 219 Å². The first-order chi connectivity index (χ1) is 18.3. The molecule has 4 aromatic carbocycles. The van der Waals surface area contributed by atoms with Crippen LogP contribution in [0.4, 0.5) is 0 Å². The Balaban J connectivity index is 1.48. The molecule has 5 aromatic rings. The molecule has 7 rings (SSSR count). The average molecular weight is 506 g/mol. The predicted octanol–water partition coefficient (Wildman–Crippen LogP) is 9.38. The molecule has 0 unspecified atom stereocenters. The number of nitrogens with one attached hydrogen (secondary N) is 1. The van der Waals surface area contributed by atoms with E-state index >= 15 is 0 Å². The first kappa shape index (κ1) is 22.9. The Morgan fingerprint density at radius 1 is 0.541 bits per heavy atom. The molecule has 1 N–H and O–H groups in total. The molecule has 0 amide bonds. The Morgan fingerprint density at radius 2 is 1.00 bits per heavy atom. The summed E-state index contributed by atoms with van der Waals surface area (Å²) < 4.78 is 13.6. The van der Waals surface area contributed by atoms with Crippen LogP contribution in [-0.2, 0) is 25.7 Å². The van der Waals surface area contributed by atoms with Gasteiger partial charge in [-0.1, -0.05) is 72.8 Å². The lowest BCUT2D eigenvalue weighted by Crippen LogP contribution is -2.09. The van der Waals surface area contributed by atoms with Crippen LogP contribution in [0.3, 0.4) is 0 Å². The summed E-state index contributed by atoms with van der Waals surface area (Å²) in [7, 11) is -1.43. The van der Waals surface area contributed by atoms with Gasteiger partial charge >= 0.3 is 8.16 Å². The maximum atomic E-state index is 6.80. The largest absolute Gasteiger partial charge is 0.408 e. The minimum Gasteiger partial charge on any atom is -0.408 e. The van der Waals surface area contributed by atoms with Crippen LogP contribution in [0.2, 0.25) is 0 Å². The van der Waals surface area contributed by atoms with E-state index in [0.29, 0.717) is 0 Å². The van der Waals surface area contributed by atoms with Crippen molar-refractivity contribution in [3.63, 3.8) is 0 Å². The highest BCUT2D eigenvalue weighted by Gasteiger charge is 2.22. The number of hydrogen-bond acceptors (Lipinski definition) is 3. The molecular weight excluding hydrogens is 473 g/mol. The summed E-state index contributed by atoms with van der Waals surface area (Å²) in [5, 5.41) is 6.39. The molecule has 2 aliphatic carbocycles. The van der Waals surface area contributed by atoms with E-state index in [4.69, 9.17) is 8.39 Å². The average Bonchev–Trinajstić information content (AvgIpc) is 3.13. The smallest absolute Gasteiger partial charge is 0.307 e. The van der Waals surface area contributed by atoms with Crippen molar-refractivity contribution in [3.05, 3.63) is 118 Å². The van der Waals surface area contributed by atoms with Crippen LogP contribution in [0.15, 0.2) is 93.3 Å². The molecule has 0 fully saturated rings. The summed E-state index contributed by atoms with van der Waals surface area (Å²) in [4.78, 5) is 0. The van der Waals surface area contributed by atoms with Crippen molar-refractivity contribution in [1.82, 2.24) is 0 Å². The van der Waals surface area contributed by atoms with Crippen LogP contribution in [0, 0.1) is 0 Å². The zero-order valence-electron chi connectivity index (χ0n) is 21.1. The lowest BCUT2D eigenvalue weighted by molar-refractivity contribution is 0.636. The molecule has 1 aromatic heterocycles. The first-order valence-electron chi connectivity index (χ1n) is 13.7. The summed E-state index contributed by atoms with van der Waals surface area (Å²) in [6, 6.07) is 30.2. The van der Waals surface area contributed by atoms with Crippen molar-refractivity contribution < 1.29 is 8.39 Å². The van der Waals surface area contributed by atoms with E-state index in [0.717, 1.165) is 36.8 Å². The van der Waals surface area contributed by atoms with Crippen molar-refractivity contribution in [2.24, 2.45) is 0 Å². The van der Waals surface area contributed by atoms with E-state index in [-0.39, 0.29) is 6.04 Å². The van der Waals surface area contributed by atoms with Gasteiger partial charge in [0.25, 0.3) is 0 Å². The van der Waals surface area contributed by atoms with Crippen LogP contribution >= 0.6 is 8.16 Å². The highest BCUT2D eigenvalue weighted by Crippen LogP contribution is 2.43. The molecule has 0 bridgehead atoms. The van der Waals surface area contributed by atoms with Gasteiger partial charge in [0.15, 0.2) is 0 Å². The first-order valence-corrected chi connectivity index (χ1v) is 14.8. The summed E-state index contributed by atoms with van der Waals surface area (Å²) in [6.07, 6.45) is 9.58. The SMILES string of the molecule is c1ccc(C(Np2oc3ccc4c(c3c3c5c(ccc3o2)CCCC5)CCCC4)c2ccccc2)cc1. The van der Waals surface area contributed by atoms with Gasteiger partial charge in [0.1, 0.15) is 11.2 Å². The molecule has 4 heteroatoms. The molecule has 0 atom stereocenters. The van der Waals surface area contributed by atoms with E-state index in [2.05, 4.69) is 90.0 Å². The van der Waals surface area contributed by atoms with Gasteiger partial charge in [0.2, 0.25) is 0 Å². The maximum absolute atomic E-state index is 6.80. The monoisotopic (exact) mass is 505 g/mol. The minimum atomic E-state index is -1.43. The molecule has 2 aliphatic rings. The van der Waals surface area contributed by atoms with Crippen molar-refractivity contribution in [1.29, 1.82) is 0 Å². The number of rotatable bonds is 4. The second kappa shape index (κ2) is 9.89. The van der Waals surface area contributed by atoms with Crippen molar-refractivity contribution in [2.75, 3.05) is 5.09 Å². The van der Waals surface area contributed by atoms with E-state index in [1.54, 1.807) is 0 Å². The molecule has 0 saturated carbocycles. The normalized spacial score (nSPS) is 15.1. The highest BCUT2D eigenvalue weighted by molar-refractivity contribution is 7.38. The third kappa shape index (κ3) is 4.31. The number of fused-ring (bicyclic) bond motifs is 7. The van der Waals surface area contributed by atoms with E-state index < -0.39 is 8.16 Å². The molecule has 186 valence electrons. The van der Waals surface area contributed by atoms with Crippen LogP contribution in [-0.4, -0.2) is 0 Å². The lowest BCUT2D eigenvalue weighted by atomic mass is 9.84. The van der Waals surface area contributed by atoms with Gasteiger partial charge in [-0.05, 0) is 96.9 Å². The third-order valence-electron chi connectivity index (χ3n) is 8.10. The summed E-state index contributed by atoms with van der Waals surface area (Å²) in [5.74, 6) is 0. The molecule has 37 heavy (non-hydrogen) atoms. The van der Waals surface area contributed by atoms with E-state index in [1.807, 2.05) is 0 Å². The van der Waals surface area contributed by atoms with Gasteiger partial charge in [0, 0.05) is 10.8 Å². The van der Waals surface area contributed by atoms with Crippen LogP contribution < -0.4 is 5.09 Å². The maximum Gasteiger partial charge on any atom is 0.307 e. The second-order valence-corrected chi connectivity index (χ2v) is 11.5. The Morgan fingerprint density at radius 3 is 1.49 bits per heavy atom. The van der Waals surface area contributed by atoms with Gasteiger partial charge < -0.3 is 8.39 Å². The molecular formula is C33H32NO2P. The van der Waals surface area contributed by atoms with Gasteiger partial charge in [-0.3, -0.25) is 0 Å². The standard InChI is InChI=1S/C33H32NO2P/c1-3-13-25(14-4-1)33(26-15-5-2-6-16-26)34-37-35-29-21-19-23-11-7-9-17-27(23)31(29)32-28-18-10-8-12-24(28)20-22-30(32)36-37/h1-6,13-16,19-22,33-34H,7-12,17-18H2. The molecule has 0 spiro atoms. The topological polar surface area (TPSA) is 38.3 Å². The number of hydrogen-bond donors (Lipinski definition) is 1. The van der Waals surface area contributed by atoms with Crippen LogP contribution in [0.5, 0.6) is 0 Å². The zero-order valence-corrected chi connectivity index (χ0v) is 22.0. The summed E-state index contributed by atoms with van der Waals surface area (Å²) in [6.45, 7) is 0. The molecule has 3 nitrogen and oxygen atoms in total. The highest BCUT2D eigenvalue weighted by atomic mass is 31.1. The summed E-state index contributed by atoms with van der Waals surface area (Å²) in [5.41, 5.74) is 10.3. The third-order valence-corrected chi connectivity index (χ3v) is 9.30. The van der Waals surface area contributed by atoms with Gasteiger partial charge in [-0.15, -0.1) is 0 Å². The molecule has 0 aliphatic heterocycles. The molecule has 1 heterocycles. The van der Waals surface area contributed by atoms with Gasteiger partial charge in [0.05, 0.1) is 6.04 Å². The fraction of sp³-hybridized carbons (Fsp3) is 0.273. The quantitative estimate of drug-likeness (QED) is 0.264. The van der Waals surface area contributed by atoms with Gasteiger partial charge in [-0.25, -0.2) is 5.09 Å². The Hall–Kier alpha value is -3.26. The van der Waals surface area contributed by atoms with Crippen molar-refractivity contribution in [3.8, 4) is 0 Å². The fourth-order valence-corrected chi connectivity index (χ4v) is 7.61. The van der Waals surface area contributed by atoms with E-state index in [9.17, 15) is 0 Å². The minimum absolute atomic E-state index is 0.0336. The Bertz CT molecular complexity index is 1490. The molecule has 0 radical (unpaired) electrons. The second-order valence-electron chi connectivity index (χ2n) is 10.4.